The molecule has 198 valence electrons. The Kier molecular flexibility index (Phi) is 7.71. The topological polar surface area (TPSA) is 146 Å². The quantitative estimate of drug-likeness (QED) is 0.446. The zero-order valence-electron chi connectivity index (χ0n) is 20.2. The van der Waals surface area contributed by atoms with Crippen molar-refractivity contribution < 1.29 is 26.8 Å². The molecule has 4 rings (SSSR count). The molecule has 3 N–H and O–H groups in total. The molecule has 1 fully saturated rings. The molecule has 1 atom stereocenters. The molecular weight excluding hydrogens is 516 g/mol. The Labute approximate surface area is 218 Å². The van der Waals surface area contributed by atoms with Gasteiger partial charge in [0.1, 0.15) is 6.04 Å². The normalized spacial score (nSPS) is 16.8. The highest BCUT2D eigenvalue weighted by atomic mass is 32.2. The number of rotatable bonds is 8. The molecule has 2 heterocycles. The summed E-state index contributed by atoms with van der Waals surface area (Å²) in [6.07, 6.45) is 1.07. The number of hydrogen-bond donors (Lipinski definition) is 2. The third-order valence-corrected chi connectivity index (χ3v) is 8.11. The van der Waals surface area contributed by atoms with Gasteiger partial charge in [-0.05, 0) is 54.4 Å². The lowest BCUT2D eigenvalue weighted by molar-refractivity contribution is -0.131. The van der Waals surface area contributed by atoms with Crippen LogP contribution in [0, 0.1) is 11.3 Å². The molecule has 3 aromatic rings. The van der Waals surface area contributed by atoms with Crippen molar-refractivity contribution in [3.8, 4) is 17.2 Å². The molecule has 1 saturated heterocycles. The lowest BCUT2D eigenvalue weighted by atomic mass is 10.0. The molecule has 1 aromatic heterocycles. The molecule has 12 heteroatoms. The number of pyridine rings is 1. The maximum absolute atomic E-state index is 13.7. The first-order valence-electron chi connectivity index (χ1n) is 11.8. The van der Waals surface area contributed by atoms with Crippen LogP contribution in [0.1, 0.15) is 23.2 Å². The van der Waals surface area contributed by atoms with E-state index < -0.39 is 53.1 Å². The number of likely N-dealkylation sites (tertiary alicyclic amines) is 1. The number of nitriles is 1. The number of hydrogen-bond acceptors (Lipinski definition) is 7. The number of carbonyl (C=O) groups is 2. The summed E-state index contributed by atoms with van der Waals surface area (Å²) < 4.78 is 52.1. The fourth-order valence-electron chi connectivity index (χ4n) is 4.32. The van der Waals surface area contributed by atoms with Crippen molar-refractivity contribution in [3.63, 3.8) is 0 Å². The number of alkyl halides is 2. The van der Waals surface area contributed by atoms with E-state index in [1.54, 1.807) is 36.4 Å². The van der Waals surface area contributed by atoms with Crippen LogP contribution < -0.4 is 11.1 Å². The number of amides is 2. The molecule has 0 unspecified atom stereocenters. The molecule has 0 bridgehead atoms. The van der Waals surface area contributed by atoms with Gasteiger partial charge in [0.05, 0.1) is 40.9 Å². The van der Waals surface area contributed by atoms with Gasteiger partial charge in [-0.3, -0.25) is 14.6 Å². The van der Waals surface area contributed by atoms with E-state index >= 15 is 0 Å². The van der Waals surface area contributed by atoms with E-state index in [4.69, 9.17) is 11.0 Å². The largest absolute Gasteiger partial charge is 0.343 e. The van der Waals surface area contributed by atoms with E-state index in [-0.39, 0.29) is 22.8 Å². The van der Waals surface area contributed by atoms with Crippen molar-refractivity contribution in [2.45, 2.75) is 29.7 Å². The molecular formula is C26H25F2N5O4S. The van der Waals surface area contributed by atoms with Crippen molar-refractivity contribution in [3.05, 3.63) is 60.3 Å². The molecule has 38 heavy (non-hydrogen) atoms. The SMILES string of the molecule is N#C[C@@H]1CC(F)(F)CN1C(=O)CNC(=O)c1ccnc2ccc(-c3ccc(S(=O)(=O)CCCN)cc3)cc12. The summed E-state index contributed by atoms with van der Waals surface area (Å²) in [7, 11) is -3.44. The van der Waals surface area contributed by atoms with Gasteiger partial charge in [-0.2, -0.15) is 5.26 Å². The Hall–Kier alpha value is -3.95. The Balaban J connectivity index is 1.53. The van der Waals surface area contributed by atoms with Crippen molar-refractivity contribution >= 4 is 32.6 Å². The standard InChI is InChI=1S/C26H25F2N5O4S/c27-26(28)13-19(14-30)33(16-26)24(34)15-32-25(35)21-8-10-31-23-7-4-18(12-22(21)23)17-2-5-20(6-3-17)38(36,37)11-1-9-29/h2-8,10,12,19H,1,9,11,13,15-16,29H2,(H,32,35)/t19-/m0/s1. The van der Waals surface area contributed by atoms with Crippen LogP contribution in [0.3, 0.4) is 0 Å². The van der Waals surface area contributed by atoms with Gasteiger partial charge in [-0.1, -0.05) is 18.2 Å². The highest BCUT2D eigenvalue weighted by Crippen LogP contribution is 2.32. The summed E-state index contributed by atoms with van der Waals surface area (Å²) in [6, 6.07) is 13.5. The Morgan fingerprint density at radius 2 is 1.87 bits per heavy atom. The molecule has 2 aromatic carbocycles. The summed E-state index contributed by atoms with van der Waals surface area (Å²) >= 11 is 0. The van der Waals surface area contributed by atoms with Gasteiger partial charge < -0.3 is 16.0 Å². The summed E-state index contributed by atoms with van der Waals surface area (Å²) in [6.45, 7) is -1.13. The van der Waals surface area contributed by atoms with Gasteiger partial charge in [-0.15, -0.1) is 0 Å². The first-order valence-corrected chi connectivity index (χ1v) is 13.5. The van der Waals surface area contributed by atoms with Crippen LogP contribution in [0.2, 0.25) is 0 Å². The summed E-state index contributed by atoms with van der Waals surface area (Å²) in [5.41, 5.74) is 7.57. The maximum Gasteiger partial charge on any atom is 0.268 e. The van der Waals surface area contributed by atoms with Crippen LogP contribution in [0.5, 0.6) is 0 Å². The number of nitrogens with one attached hydrogen (secondary N) is 1. The number of carbonyl (C=O) groups excluding carboxylic acids is 2. The van der Waals surface area contributed by atoms with Crippen LogP contribution in [0.15, 0.2) is 59.6 Å². The molecule has 1 aliphatic rings. The molecule has 0 radical (unpaired) electrons. The second-order valence-corrected chi connectivity index (χ2v) is 11.1. The minimum absolute atomic E-state index is 0.0389. The Bertz CT molecular complexity index is 1520. The first kappa shape index (κ1) is 27.1. The lowest BCUT2D eigenvalue weighted by Crippen LogP contribution is -2.43. The predicted molar refractivity (Wildman–Crippen MR) is 136 cm³/mol. The first-order chi connectivity index (χ1) is 18.0. The third kappa shape index (κ3) is 5.79. The van der Waals surface area contributed by atoms with Crippen LogP contribution in [0.25, 0.3) is 22.0 Å². The molecule has 9 nitrogen and oxygen atoms in total. The second-order valence-electron chi connectivity index (χ2n) is 8.99. The van der Waals surface area contributed by atoms with Gasteiger partial charge in [0.25, 0.3) is 11.8 Å². The number of fused-ring (bicyclic) bond motifs is 1. The van der Waals surface area contributed by atoms with Crippen LogP contribution >= 0.6 is 0 Å². The average Bonchev–Trinajstić information content (AvgIpc) is 3.24. The van der Waals surface area contributed by atoms with Gasteiger partial charge in [0.2, 0.25) is 5.91 Å². The highest BCUT2D eigenvalue weighted by Gasteiger charge is 2.47. The van der Waals surface area contributed by atoms with E-state index in [1.807, 2.05) is 0 Å². The van der Waals surface area contributed by atoms with Gasteiger partial charge in [-0.25, -0.2) is 17.2 Å². The zero-order valence-corrected chi connectivity index (χ0v) is 21.0. The highest BCUT2D eigenvalue weighted by molar-refractivity contribution is 7.91. The Morgan fingerprint density at radius 3 is 2.55 bits per heavy atom. The number of sulfone groups is 1. The minimum atomic E-state index is -3.44. The smallest absolute Gasteiger partial charge is 0.268 e. The zero-order chi connectivity index (χ0) is 27.5. The van der Waals surface area contributed by atoms with Crippen molar-refractivity contribution in [1.29, 1.82) is 5.26 Å². The van der Waals surface area contributed by atoms with Crippen molar-refractivity contribution in [2.24, 2.45) is 5.73 Å². The van der Waals surface area contributed by atoms with E-state index in [0.29, 0.717) is 28.5 Å². The van der Waals surface area contributed by atoms with Crippen molar-refractivity contribution in [2.75, 3.05) is 25.4 Å². The number of nitrogens with zero attached hydrogens (tertiary/aromatic N) is 3. The number of nitrogens with two attached hydrogens (primary N) is 1. The minimum Gasteiger partial charge on any atom is -0.343 e. The fraction of sp³-hybridized carbons (Fsp3) is 0.308. The van der Waals surface area contributed by atoms with Crippen molar-refractivity contribution in [1.82, 2.24) is 15.2 Å². The van der Waals surface area contributed by atoms with Gasteiger partial charge in [0.15, 0.2) is 9.84 Å². The number of benzene rings is 2. The number of halogens is 2. The molecule has 1 aliphatic heterocycles. The predicted octanol–water partition coefficient (Wildman–Crippen LogP) is 2.51. The Morgan fingerprint density at radius 1 is 1.16 bits per heavy atom. The van der Waals surface area contributed by atoms with Crippen LogP contribution in [-0.4, -0.2) is 67.5 Å². The third-order valence-electron chi connectivity index (χ3n) is 6.29. The number of aromatic nitrogens is 1. The summed E-state index contributed by atoms with van der Waals surface area (Å²) in [5, 5.41) is 12.0. The summed E-state index contributed by atoms with van der Waals surface area (Å²) in [5.74, 6) is -4.57. The average molecular weight is 542 g/mol. The molecule has 0 saturated carbocycles. The van der Waals surface area contributed by atoms with E-state index in [0.717, 1.165) is 4.90 Å². The fourth-order valence-corrected chi connectivity index (χ4v) is 5.65. The van der Waals surface area contributed by atoms with Crippen LogP contribution in [0.4, 0.5) is 8.78 Å². The van der Waals surface area contributed by atoms with Gasteiger partial charge >= 0.3 is 0 Å². The van der Waals surface area contributed by atoms with E-state index in [1.165, 1.54) is 24.4 Å². The maximum atomic E-state index is 13.7. The summed E-state index contributed by atoms with van der Waals surface area (Å²) in [4.78, 5) is 30.6. The van der Waals surface area contributed by atoms with E-state index in [2.05, 4.69) is 10.3 Å². The lowest BCUT2D eigenvalue weighted by Gasteiger charge is -2.19. The molecule has 0 aliphatic carbocycles. The van der Waals surface area contributed by atoms with Crippen LogP contribution in [-0.2, 0) is 14.6 Å². The second kappa shape index (κ2) is 10.8. The van der Waals surface area contributed by atoms with E-state index in [9.17, 15) is 26.8 Å². The molecule has 2 amide bonds. The molecule has 0 spiro atoms. The van der Waals surface area contributed by atoms with Gasteiger partial charge in [0, 0.05) is 18.0 Å². The monoisotopic (exact) mass is 541 g/mol.